The van der Waals surface area contributed by atoms with Crippen molar-refractivity contribution in [2.75, 3.05) is 0 Å². The SMILES string of the molecule is O=S(=O)(c1cccc(Cl)c1)N1C2CCC1CC(Oc1ccncc1)C2. The fourth-order valence-corrected chi connectivity index (χ4v) is 6.12. The average molecular weight is 379 g/mol. The number of nitrogens with zero attached hydrogens (tertiary/aromatic N) is 2. The van der Waals surface area contributed by atoms with Crippen molar-refractivity contribution >= 4 is 21.6 Å². The van der Waals surface area contributed by atoms with Gasteiger partial charge >= 0.3 is 0 Å². The van der Waals surface area contributed by atoms with Gasteiger partial charge in [-0.15, -0.1) is 0 Å². The number of benzene rings is 1. The highest BCUT2D eigenvalue weighted by atomic mass is 35.5. The van der Waals surface area contributed by atoms with Gasteiger partial charge in [-0.25, -0.2) is 8.42 Å². The smallest absolute Gasteiger partial charge is 0.243 e. The molecule has 132 valence electrons. The lowest BCUT2D eigenvalue weighted by atomic mass is 10.0. The van der Waals surface area contributed by atoms with Crippen LogP contribution in [0.2, 0.25) is 5.02 Å². The molecular formula is C18H19ClN2O3S. The Morgan fingerprint density at radius 2 is 1.76 bits per heavy atom. The van der Waals surface area contributed by atoms with Gasteiger partial charge in [0, 0.05) is 42.3 Å². The lowest BCUT2D eigenvalue weighted by molar-refractivity contribution is 0.0956. The van der Waals surface area contributed by atoms with E-state index in [0.29, 0.717) is 17.9 Å². The highest BCUT2D eigenvalue weighted by Gasteiger charge is 2.47. The first-order valence-corrected chi connectivity index (χ1v) is 10.2. The second-order valence-electron chi connectivity index (χ2n) is 6.57. The molecule has 2 aliphatic heterocycles. The monoisotopic (exact) mass is 378 g/mol. The maximum Gasteiger partial charge on any atom is 0.243 e. The van der Waals surface area contributed by atoms with Gasteiger partial charge in [-0.3, -0.25) is 4.98 Å². The third kappa shape index (κ3) is 3.26. The molecule has 0 N–H and O–H groups in total. The van der Waals surface area contributed by atoms with E-state index < -0.39 is 10.0 Å². The zero-order valence-electron chi connectivity index (χ0n) is 13.6. The molecule has 5 nitrogen and oxygen atoms in total. The van der Waals surface area contributed by atoms with Crippen LogP contribution in [0.25, 0.3) is 0 Å². The normalized spacial score (nSPS) is 26.5. The topological polar surface area (TPSA) is 59.5 Å². The number of aromatic nitrogens is 1. The summed E-state index contributed by atoms with van der Waals surface area (Å²) in [5.74, 6) is 0.783. The molecule has 0 saturated carbocycles. The number of hydrogen-bond donors (Lipinski definition) is 0. The van der Waals surface area contributed by atoms with Crippen LogP contribution in [0.5, 0.6) is 5.75 Å². The van der Waals surface area contributed by atoms with E-state index in [1.165, 1.54) is 6.07 Å². The summed E-state index contributed by atoms with van der Waals surface area (Å²) in [6.45, 7) is 0. The van der Waals surface area contributed by atoms with Crippen molar-refractivity contribution in [1.82, 2.24) is 9.29 Å². The average Bonchev–Trinajstić information content (AvgIpc) is 2.88. The quantitative estimate of drug-likeness (QED) is 0.817. The number of hydrogen-bond acceptors (Lipinski definition) is 4. The number of rotatable bonds is 4. The fraction of sp³-hybridized carbons (Fsp3) is 0.389. The number of ether oxygens (including phenoxy) is 1. The summed E-state index contributed by atoms with van der Waals surface area (Å²) in [7, 11) is -3.53. The highest BCUT2D eigenvalue weighted by molar-refractivity contribution is 7.89. The van der Waals surface area contributed by atoms with E-state index >= 15 is 0 Å². The zero-order valence-corrected chi connectivity index (χ0v) is 15.2. The summed E-state index contributed by atoms with van der Waals surface area (Å²) in [4.78, 5) is 4.26. The predicted octanol–water partition coefficient (Wildman–Crippen LogP) is 3.50. The van der Waals surface area contributed by atoms with Crippen molar-refractivity contribution in [2.24, 2.45) is 0 Å². The van der Waals surface area contributed by atoms with E-state index in [-0.39, 0.29) is 23.1 Å². The number of sulfonamides is 1. The zero-order chi connectivity index (χ0) is 17.4. The van der Waals surface area contributed by atoms with Crippen molar-refractivity contribution in [3.05, 3.63) is 53.8 Å². The van der Waals surface area contributed by atoms with Crippen LogP contribution in [0, 0.1) is 0 Å². The Bertz CT molecular complexity index is 846. The minimum Gasteiger partial charge on any atom is -0.490 e. The number of fused-ring (bicyclic) bond motifs is 2. The van der Waals surface area contributed by atoms with Gasteiger partial charge < -0.3 is 4.74 Å². The molecule has 2 aliphatic rings. The molecule has 3 heterocycles. The Balaban J connectivity index is 1.54. The Hall–Kier alpha value is -1.63. The largest absolute Gasteiger partial charge is 0.490 e. The molecule has 7 heteroatoms. The first-order valence-electron chi connectivity index (χ1n) is 8.40. The molecule has 1 aromatic carbocycles. The van der Waals surface area contributed by atoms with Crippen LogP contribution in [0.4, 0.5) is 0 Å². The summed E-state index contributed by atoms with van der Waals surface area (Å²) in [6, 6.07) is 10.1. The Kier molecular flexibility index (Phi) is 4.43. The Morgan fingerprint density at radius 1 is 1.08 bits per heavy atom. The van der Waals surface area contributed by atoms with Crippen LogP contribution in [0.15, 0.2) is 53.7 Å². The van der Waals surface area contributed by atoms with Gasteiger partial charge in [0.2, 0.25) is 10.0 Å². The van der Waals surface area contributed by atoms with E-state index in [1.807, 2.05) is 12.1 Å². The molecule has 0 radical (unpaired) electrons. The maximum absolute atomic E-state index is 13.1. The molecule has 2 atom stereocenters. The molecule has 0 spiro atoms. The molecule has 2 saturated heterocycles. The first-order chi connectivity index (χ1) is 12.0. The number of piperidine rings is 1. The minimum absolute atomic E-state index is 0.0189. The number of halogens is 1. The van der Waals surface area contributed by atoms with E-state index in [9.17, 15) is 8.42 Å². The van der Waals surface area contributed by atoms with Gasteiger partial charge in [-0.2, -0.15) is 4.31 Å². The molecule has 4 rings (SSSR count). The summed E-state index contributed by atoms with van der Waals surface area (Å²) in [5, 5.41) is 0.435. The van der Waals surface area contributed by atoms with Crippen LogP contribution in [0.1, 0.15) is 25.7 Å². The van der Waals surface area contributed by atoms with Gasteiger partial charge in [0.15, 0.2) is 0 Å². The van der Waals surface area contributed by atoms with Crippen LogP contribution in [-0.2, 0) is 10.0 Å². The molecule has 2 unspecified atom stereocenters. The first kappa shape index (κ1) is 16.8. The van der Waals surface area contributed by atoms with Crippen LogP contribution < -0.4 is 4.74 Å². The van der Waals surface area contributed by atoms with Gasteiger partial charge in [0.25, 0.3) is 0 Å². The van der Waals surface area contributed by atoms with Crippen molar-refractivity contribution in [1.29, 1.82) is 0 Å². The Labute approximate surface area is 152 Å². The lowest BCUT2D eigenvalue weighted by Gasteiger charge is -2.37. The van der Waals surface area contributed by atoms with E-state index in [1.54, 1.807) is 34.9 Å². The van der Waals surface area contributed by atoms with Crippen molar-refractivity contribution in [2.45, 2.75) is 48.8 Å². The van der Waals surface area contributed by atoms with E-state index in [2.05, 4.69) is 4.98 Å². The highest BCUT2D eigenvalue weighted by Crippen LogP contribution is 2.41. The predicted molar refractivity (Wildman–Crippen MR) is 95.2 cm³/mol. The van der Waals surface area contributed by atoms with Crippen molar-refractivity contribution < 1.29 is 13.2 Å². The van der Waals surface area contributed by atoms with Gasteiger partial charge in [0.1, 0.15) is 11.9 Å². The summed E-state index contributed by atoms with van der Waals surface area (Å²) in [5.41, 5.74) is 0. The fourth-order valence-electron chi connectivity index (χ4n) is 3.93. The summed E-state index contributed by atoms with van der Waals surface area (Å²) in [6.07, 6.45) is 6.59. The molecule has 0 aliphatic carbocycles. The Morgan fingerprint density at radius 3 is 2.40 bits per heavy atom. The third-order valence-electron chi connectivity index (χ3n) is 4.95. The third-order valence-corrected chi connectivity index (χ3v) is 7.18. The van der Waals surface area contributed by atoms with Crippen LogP contribution in [-0.4, -0.2) is 35.9 Å². The second kappa shape index (κ2) is 6.59. The molecular weight excluding hydrogens is 360 g/mol. The van der Waals surface area contributed by atoms with E-state index in [0.717, 1.165) is 18.6 Å². The molecule has 2 bridgehead atoms. The van der Waals surface area contributed by atoms with Crippen molar-refractivity contribution in [3.8, 4) is 5.75 Å². The molecule has 25 heavy (non-hydrogen) atoms. The van der Waals surface area contributed by atoms with Crippen molar-refractivity contribution in [3.63, 3.8) is 0 Å². The minimum atomic E-state index is -3.53. The van der Waals surface area contributed by atoms with Crippen LogP contribution in [0.3, 0.4) is 0 Å². The summed E-state index contributed by atoms with van der Waals surface area (Å²) < 4.78 is 33.9. The summed E-state index contributed by atoms with van der Waals surface area (Å²) >= 11 is 5.98. The van der Waals surface area contributed by atoms with Gasteiger partial charge in [-0.1, -0.05) is 17.7 Å². The van der Waals surface area contributed by atoms with E-state index in [4.69, 9.17) is 16.3 Å². The lowest BCUT2D eigenvalue weighted by Crippen LogP contribution is -2.49. The number of pyridine rings is 1. The van der Waals surface area contributed by atoms with Crippen LogP contribution >= 0.6 is 11.6 Å². The molecule has 2 fully saturated rings. The molecule has 1 aromatic heterocycles. The van der Waals surface area contributed by atoms with Gasteiger partial charge in [0.05, 0.1) is 4.90 Å². The maximum atomic E-state index is 13.1. The standard InChI is InChI=1S/C18H19ClN2O3S/c19-13-2-1-3-18(10-13)25(22,23)21-14-4-5-15(21)12-17(11-14)24-16-6-8-20-9-7-16/h1-3,6-10,14-15,17H,4-5,11-12H2. The van der Waals surface area contributed by atoms with Gasteiger partial charge in [-0.05, 0) is 43.2 Å². The molecule has 0 amide bonds. The second-order valence-corrected chi connectivity index (χ2v) is 8.85. The molecule has 2 aromatic rings.